The van der Waals surface area contributed by atoms with E-state index in [0.29, 0.717) is 0 Å². The fourth-order valence-electron chi connectivity index (χ4n) is 8.74. The molecule has 0 radical (unpaired) electrons. The lowest BCUT2D eigenvalue weighted by molar-refractivity contribution is 0.600. The van der Waals surface area contributed by atoms with Crippen molar-refractivity contribution in [1.29, 1.82) is 0 Å². The molecule has 3 heterocycles. The molecule has 0 fully saturated rings. The molecule has 0 aliphatic carbocycles. The van der Waals surface area contributed by atoms with Crippen molar-refractivity contribution in [2.24, 2.45) is 0 Å². The van der Waals surface area contributed by atoms with Gasteiger partial charge in [0.2, 0.25) is 0 Å². The number of rotatable bonds is 3. The van der Waals surface area contributed by atoms with Gasteiger partial charge in [-0.1, -0.05) is 127 Å². The van der Waals surface area contributed by atoms with Gasteiger partial charge in [-0.25, -0.2) is 0 Å². The maximum absolute atomic E-state index is 6.75. The molecule has 0 saturated carbocycles. The number of thiophene rings is 1. The largest absolute Gasteiger partial charge is 0.460 e. The first-order valence-electron chi connectivity index (χ1n) is 18.0. The maximum Gasteiger partial charge on any atom is 0.178 e. The average molecular weight is 693 g/mol. The summed E-state index contributed by atoms with van der Waals surface area (Å²) in [6.07, 6.45) is 1.87. The molecule has 12 rings (SSSR count). The highest BCUT2D eigenvalue weighted by Gasteiger charge is 2.21. The molecule has 0 unspecified atom stereocenters. The van der Waals surface area contributed by atoms with Crippen molar-refractivity contribution in [1.82, 2.24) is 0 Å². The summed E-state index contributed by atoms with van der Waals surface area (Å²) in [5.74, 6) is 0. The van der Waals surface area contributed by atoms with Crippen molar-refractivity contribution in [3.63, 3.8) is 0 Å². The Morgan fingerprint density at radius 2 is 1.02 bits per heavy atom. The monoisotopic (exact) mass is 692 g/mol. The molecule has 0 aliphatic rings. The van der Waals surface area contributed by atoms with E-state index in [4.69, 9.17) is 8.83 Å². The van der Waals surface area contributed by atoms with E-state index in [1.807, 2.05) is 17.6 Å². The van der Waals surface area contributed by atoms with Gasteiger partial charge in [0.15, 0.2) is 11.2 Å². The van der Waals surface area contributed by atoms with E-state index in [1.54, 1.807) is 0 Å². The third-order valence-electron chi connectivity index (χ3n) is 11.1. The zero-order valence-corrected chi connectivity index (χ0v) is 29.2. The average Bonchev–Trinajstić information content (AvgIpc) is 3.93. The van der Waals surface area contributed by atoms with Crippen LogP contribution in [0.25, 0.3) is 119 Å². The Bertz CT molecular complexity index is 3410. The summed E-state index contributed by atoms with van der Waals surface area (Å²) in [6.45, 7) is 0. The first kappa shape index (κ1) is 29.0. The Morgan fingerprint density at radius 1 is 0.377 bits per heavy atom. The van der Waals surface area contributed by atoms with Gasteiger partial charge in [0.25, 0.3) is 0 Å². The lowest BCUT2D eigenvalue weighted by Crippen LogP contribution is -1.91. The predicted octanol–water partition coefficient (Wildman–Crippen LogP) is 15.2. The molecule has 0 spiro atoms. The van der Waals surface area contributed by atoms with Crippen LogP contribution in [0, 0.1) is 0 Å². The standard InChI is InChI=1S/C50H28O2S/c1-2-11-30-26-31(21-20-29(30)10-1)43-28-51-48-40(43)25-24-39-33-23-22-32(27-44(33)52-49(39)48)46-35-13-3-5-15-37(35)47(38-16-6-4-14-36(38)46)42-18-9-17-41-34-12-7-8-19-45(34)53-50(41)42/h1-28H. The van der Waals surface area contributed by atoms with Crippen molar-refractivity contribution in [3.8, 4) is 33.4 Å². The van der Waals surface area contributed by atoms with Gasteiger partial charge < -0.3 is 8.83 Å². The molecule has 53 heavy (non-hydrogen) atoms. The molecular formula is C50H28O2S. The van der Waals surface area contributed by atoms with E-state index < -0.39 is 0 Å². The van der Waals surface area contributed by atoms with Crippen LogP contribution in [-0.2, 0) is 0 Å². The molecule has 0 aliphatic heterocycles. The van der Waals surface area contributed by atoms with E-state index in [1.165, 1.54) is 69.2 Å². The molecule has 9 aromatic carbocycles. The molecular weight excluding hydrogens is 665 g/mol. The molecule has 246 valence electrons. The minimum absolute atomic E-state index is 0.777. The summed E-state index contributed by atoms with van der Waals surface area (Å²) in [5.41, 5.74) is 9.51. The van der Waals surface area contributed by atoms with Gasteiger partial charge in [-0.05, 0) is 91.0 Å². The second-order valence-corrected chi connectivity index (χ2v) is 15.0. The smallest absolute Gasteiger partial charge is 0.178 e. The van der Waals surface area contributed by atoms with E-state index in [0.717, 1.165) is 49.6 Å². The van der Waals surface area contributed by atoms with Gasteiger partial charge in [-0.3, -0.25) is 0 Å². The van der Waals surface area contributed by atoms with Crippen LogP contribution in [0.5, 0.6) is 0 Å². The van der Waals surface area contributed by atoms with Gasteiger partial charge in [-0.15, -0.1) is 11.3 Å². The Kier molecular flexibility index (Phi) is 5.96. The van der Waals surface area contributed by atoms with Crippen molar-refractivity contribution in [2.75, 3.05) is 0 Å². The van der Waals surface area contributed by atoms with Crippen LogP contribution in [0.2, 0.25) is 0 Å². The van der Waals surface area contributed by atoms with E-state index in [-0.39, 0.29) is 0 Å². The molecule has 2 nitrogen and oxygen atoms in total. The van der Waals surface area contributed by atoms with Gasteiger partial charge in [-0.2, -0.15) is 0 Å². The van der Waals surface area contributed by atoms with E-state index >= 15 is 0 Å². The Hall–Kier alpha value is -6.68. The minimum atomic E-state index is 0.777. The molecule has 12 aromatic rings. The number of benzene rings is 9. The van der Waals surface area contributed by atoms with Crippen molar-refractivity contribution >= 4 is 96.7 Å². The number of hydrogen-bond acceptors (Lipinski definition) is 3. The van der Waals surface area contributed by atoms with Crippen molar-refractivity contribution in [2.45, 2.75) is 0 Å². The van der Waals surface area contributed by atoms with Gasteiger partial charge in [0.05, 0.1) is 6.26 Å². The van der Waals surface area contributed by atoms with Crippen LogP contribution in [0.3, 0.4) is 0 Å². The summed E-state index contributed by atoms with van der Waals surface area (Å²) in [5, 5.41) is 13.2. The second kappa shape index (κ2) is 10.9. The van der Waals surface area contributed by atoms with E-state index in [2.05, 4.69) is 164 Å². The molecule has 0 saturated heterocycles. The zero-order valence-electron chi connectivity index (χ0n) is 28.4. The number of furan rings is 2. The summed E-state index contributed by atoms with van der Waals surface area (Å²) in [6, 6.07) is 59.4. The van der Waals surface area contributed by atoms with Crippen LogP contribution in [0.15, 0.2) is 179 Å². The first-order chi connectivity index (χ1) is 26.3. The normalized spacial score (nSPS) is 12.2. The molecule has 3 heteroatoms. The molecule has 0 amide bonds. The lowest BCUT2D eigenvalue weighted by Gasteiger charge is -2.18. The fourth-order valence-corrected chi connectivity index (χ4v) is 9.96. The van der Waals surface area contributed by atoms with Crippen LogP contribution >= 0.6 is 11.3 Å². The Morgan fingerprint density at radius 3 is 1.83 bits per heavy atom. The fraction of sp³-hybridized carbons (Fsp3) is 0. The SMILES string of the molecule is c1ccc2cc(-c3coc4c3ccc3c5ccc(-c6c7ccccc7c(-c7cccc8c7sc7ccccc78)c7ccccc67)cc5oc34)ccc2c1. The molecule has 0 N–H and O–H groups in total. The van der Waals surface area contributed by atoms with Gasteiger partial charge in [0.1, 0.15) is 5.58 Å². The van der Waals surface area contributed by atoms with Gasteiger partial charge in [0, 0.05) is 47.5 Å². The minimum Gasteiger partial charge on any atom is -0.460 e. The van der Waals surface area contributed by atoms with Crippen molar-refractivity contribution in [3.05, 3.63) is 170 Å². The maximum atomic E-state index is 6.75. The summed E-state index contributed by atoms with van der Waals surface area (Å²) >= 11 is 1.89. The highest BCUT2D eigenvalue weighted by molar-refractivity contribution is 7.26. The van der Waals surface area contributed by atoms with Crippen LogP contribution in [-0.4, -0.2) is 0 Å². The highest BCUT2D eigenvalue weighted by Crippen LogP contribution is 2.48. The Labute approximate surface area is 307 Å². The Balaban J connectivity index is 1.07. The third-order valence-corrected chi connectivity index (χ3v) is 12.4. The number of fused-ring (bicyclic) bond motifs is 11. The number of hydrogen-bond donors (Lipinski definition) is 0. The second-order valence-electron chi connectivity index (χ2n) is 14.0. The summed E-state index contributed by atoms with van der Waals surface area (Å²) < 4.78 is 15.7. The van der Waals surface area contributed by atoms with Crippen molar-refractivity contribution < 1.29 is 8.83 Å². The molecule has 0 bridgehead atoms. The third kappa shape index (κ3) is 4.14. The molecule has 0 atom stereocenters. The summed E-state index contributed by atoms with van der Waals surface area (Å²) in [7, 11) is 0. The highest BCUT2D eigenvalue weighted by atomic mass is 32.1. The zero-order chi connectivity index (χ0) is 34.6. The van der Waals surface area contributed by atoms with Gasteiger partial charge >= 0.3 is 0 Å². The van der Waals surface area contributed by atoms with E-state index in [9.17, 15) is 0 Å². The summed E-state index contributed by atoms with van der Waals surface area (Å²) in [4.78, 5) is 0. The van der Waals surface area contributed by atoms with Crippen LogP contribution in [0.4, 0.5) is 0 Å². The topological polar surface area (TPSA) is 26.3 Å². The molecule has 3 aromatic heterocycles. The first-order valence-corrected chi connectivity index (χ1v) is 18.8. The van der Waals surface area contributed by atoms with Crippen LogP contribution in [0.1, 0.15) is 0 Å². The predicted molar refractivity (Wildman–Crippen MR) is 225 cm³/mol. The van der Waals surface area contributed by atoms with Crippen LogP contribution < -0.4 is 0 Å². The quantitative estimate of drug-likeness (QED) is 0.172. The lowest BCUT2D eigenvalue weighted by atomic mass is 9.85.